The Bertz CT molecular complexity index is 974. The summed E-state index contributed by atoms with van der Waals surface area (Å²) >= 11 is 0. The van der Waals surface area contributed by atoms with E-state index in [2.05, 4.69) is 38.0 Å². The number of hydrogen-bond donors (Lipinski definition) is 1. The van der Waals surface area contributed by atoms with Crippen LogP contribution in [0.15, 0.2) is 54.5 Å². The molecule has 0 aromatic heterocycles. The highest BCUT2D eigenvalue weighted by Crippen LogP contribution is 2.52. The van der Waals surface area contributed by atoms with E-state index in [1.807, 2.05) is 18.3 Å². The molecule has 1 N–H and O–H groups in total. The van der Waals surface area contributed by atoms with Crippen molar-refractivity contribution in [1.82, 2.24) is 4.90 Å². The zero-order valence-corrected chi connectivity index (χ0v) is 18.7. The van der Waals surface area contributed by atoms with Crippen molar-refractivity contribution in [2.45, 2.75) is 37.8 Å². The Balaban J connectivity index is 1.82. The van der Waals surface area contributed by atoms with Crippen LogP contribution in [0.5, 0.6) is 11.5 Å². The molecule has 3 aliphatic rings. The fourth-order valence-electron chi connectivity index (χ4n) is 4.83. The second-order valence-electron chi connectivity index (χ2n) is 8.70. The molecular weight excluding hydrogens is 394 g/mol. The second kappa shape index (κ2) is 8.09. The van der Waals surface area contributed by atoms with E-state index >= 15 is 0 Å². The Morgan fingerprint density at radius 2 is 2.03 bits per heavy atom. The molecule has 0 bridgehead atoms. The highest BCUT2D eigenvalue weighted by Gasteiger charge is 2.52. The molecule has 0 amide bonds. The van der Waals surface area contributed by atoms with Gasteiger partial charge in [0.2, 0.25) is 0 Å². The van der Waals surface area contributed by atoms with Crippen molar-refractivity contribution in [1.29, 1.82) is 0 Å². The van der Waals surface area contributed by atoms with E-state index in [-0.39, 0.29) is 23.3 Å². The van der Waals surface area contributed by atoms with E-state index in [0.29, 0.717) is 31.1 Å². The normalized spacial score (nSPS) is 23.4. The molecule has 1 saturated heterocycles. The van der Waals surface area contributed by atoms with Crippen molar-refractivity contribution < 1.29 is 24.1 Å². The lowest BCUT2D eigenvalue weighted by Gasteiger charge is -2.46. The van der Waals surface area contributed by atoms with E-state index in [1.165, 1.54) is 5.56 Å². The SMILES string of the molecule is C=C(O)C1=CN2C(=CC1=C)c1cc(OC)c(OCCCOC)cc1[C@H]1COC(C)(C)[C@H]12. The Morgan fingerprint density at radius 1 is 1.26 bits per heavy atom. The van der Waals surface area contributed by atoms with Gasteiger partial charge in [0.1, 0.15) is 5.76 Å². The monoisotopic (exact) mass is 425 g/mol. The molecular formula is C25H31NO5. The summed E-state index contributed by atoms with van der Waals surface area (Å²) < 4.78 is 23.1. The van der Waals surface area contributed by atoms with Crippen LogP contribution in [0.2, 0.25) is 0 Å². The van der Waals surface area contributed by atoms with Gasteiger partial charge in [0.25, 0.3) is 0 Å². The molecule has 0 spiro atoms. The molecule has 0 saturated carbocycles. The molecule has 3 aliphatic heterocycles. The van der Waals surface area contributed by atoms with Gasteiger partial charge in [-0.3, -0.25) is 0 Å². The molecule has 2 atom stereocenters. The number of nitrogens with zero attached hydrogens (tertiary/aromatic N) is 1. The number of methoxy groups -OCH3 is 2. The van der Waals surface area contributed by atoms with Gasteiger partial charge in [0, 0.05) is 49.1 Å². The van der Waals surface area contributed by atoms with Crippen LogP contribution < -0.4 is 9.47 Å². The molecule has 6 heteroatoms. The summed E-state index contributed by atoms with van der Waals surface area (Å²) in [5.74, 6) is 1.56. The lowest BCUT2D eigenvalue weighted by molar-refractivity contribution is 0.00925. The second-order valence-corrected chi connectivity index (χ2v) is 8.70. The van der Waals surface area contributed by atoms with Gasteiger partial charge in [-0.25, -0.2) is 0 Å². The van der Waals surface area contributed by atoms with Crippen molar-refractivity contribution >= 4 is 5.70 Å². The number of benzene rings is 1. The predicted octanol–water partition coefficient (Wildman–Crippen LogP) is 4.55. The number of allylic oxidation sites excluding steroid dienone is 2. The van der Waals surface area contributed by atoms with Crippen molar-refractivity contribution in [3.63, 3.8) is 0 Å². The molecule has 1 aromatic carbocycles. The van der Waals surface area contributed by atoms with Crippen molar-refractivity contribution in [3.05, 3.63) is 65.6 Å². The largest absolute Gasteiger partial charge is 0.508 e. The van der Waals surface area contributed by atoms with Gasteiger partial charge in [-0.05, 0) is 43.2 Å². The fourth-order valence-corrected chi connectivity index (χ4v) is 4.83. The quantitative estimate of drug-likeness (QED) is 0.511. The summed E-state index contributed by atoms with van der Waals surface area (Å²) in [4.78, 5) is 2.20. The van der Waals surface area contributed by atoms with Gasteiger partial charge in [-0.1, -0.05) is 13.2 Å². The van der Waals surface area contributed by atoms with Gasteiger partial charge >= 0.3 is 0 Å². The molecule has 0 aliphatic carbocycles. The topological polar surface area (TPSA) is 60.4 Å². The first-order valence-electron chi connectivity index (χ1n) is 10.6. The molecule has 1 fully saturated rings. The van der Waals surface area contributed by atoms with Crippen LogP contribution in [0.3, 0.4) is 0 Å². The van der Waals surface area contributed by atoms with Crippen molar-refractivity contribution in [3.8, 4) is 11.5 Å². The maximum atomic E-state index is 10.1. The molecule has 1 aromatic rings. The molecule has 0 radical (unpaired) electrons. The number of aliphatic hydroxyl groups is 1. The highest BCUT2D eigenvalue weighted by molar-refractivity contribution is 5.79. The maximum absolute atomic E-state index is 10.1. The average molecular weight is 426 g/mol. The van der Waals surface area contributed by atoms with Crippen molar-refractivity contribution in [2.24, 2.45) is 0 Å². The molecule has 3 heterocycles. The van der Waals surface area contributed by atoms with Crippen LogP contribution >= 0.6 is 0 Å². The molecule has 166 valence electrons. The lowest BCUT2D eigenvalue weighted by Crippen LogP contribution is -2.49. The minimum atomic E-state index is -0.377. The van der Waals surface area contributed by atoms with Gasteiger partial charge in [-0.2, -0.15) is 0 Å². The van der Waals surface area contributed by atoms with E-state index in [9.17, 15) is 5.11 Å². The summed E-state index contributed by atoms with van der Waals surface area (Å²) in [7, 11) is 3.34. The molecule has 0 unspecified atom stereocenters. The van der Waals surface area contributed by atoms with Crippen LogP contribution in [0.1, 0.15) is 37.3 Å². The first-order valence-corrected chi connectivity index (χ1v) is 10.6. The summed E-state index contributed by atoms with van der Waals surface area (Å²) in [5.41, 5.74) is 4.22. The standard InChI is InChI=1S/C25H31NO5/c1-15-10-21-18-12-22(29-6)23(30-9-7-8-28-5)11-17(18)20-14-31-25(3,4)24(20)26(21)13-19(15)16(2)27/h10-13,20,24,27H,1-2,7-9,14H2,3-6H3/t20-,24+/m1/s1. The van der Waals surface area contributed by atoms with Crippen LogP contribution in [-0.4, -0.2) is 55.7 Å². The summed E-state index contributed by atoms with van der Waals surface area (Å²) in [6.45, 7) is 13.9. The van der Waals surface area contributed by atoms with E-state index in [4.69, 9.17) is 18.9 Å². The molecule has 4 rings (SSSR count). The molecule has 31 heavy (non-hydrogen) atoms. The van der Waals surface area contributed by atoms with Crippen LogP contribution in [0, 0.1) is 0 Å². The zero-order valence-electron chi connectivity index (χ0n) is 18.7. The van der Waals surface area contributed by atoms with Gasteiger partial charge < -0.3 is 29.0 Å². The smallest absolute Gasteiger partial charge is 0.161 e. The van der Waals surface area contributed by atoms with Gasteiger partial charge in [0.15, 0.2) is 11.5 Å². The lowest BCUT2D eigenvalue weighted by atomic mass is 9.76. The minimum absolute atomic E-state index is 0.0109. The number of fused-ring (bicyclic) bond motifs is 6. The third-order valence-corrected chi connectivity index (χ3v) is 6.30. The number of rotatable bonds is 7. The summed E-state index contributed by atoms with van der Waals surface area (Å²) in [5, 5.41) is 10.1. The predicted molar refractivity (Wildman–Crippen MR) is 120 cm³/mol. The van der Waals surface area contributed by atoms with Crippen LogP contribution in [0.4, 0.5) is 0 Å². The van der Waals surface area contributed by atoms with Crippen LogP contribution in [-0.2, 0) is 9.47 Å². The van der Waals surface area contributed by atoms with E-state index in [0.717, 1.165) is 29.0 Å². The molecule has 6 nitrogen and oxygen atoms in total. The Morgan fingerprint density at radius 3 is 2.71 bits per heavy atom. The zero-order chi connectivity index (χ0) is 22.3. The van der Waals surface area contributed by atoms with Crippen LogP contribution in [0.25, 0.3) is 5.70 Å². The van der Waals surface area contributed by atoms with Gasteiger partial charge in [-0.15, -0.1) is 0 Å². The first kappa shape index (κ1) is 21.5. The first-order chi connectivity index (χ1) is 14.8. The minimum Gasteiger partial charge on any atom is -0.508 e. The Kier molecular flexibility index (Phi) is 5.62. The third kappa shape index (κ3) is 3.64. The Hall–Kier alpha value is -2.70. The van der Waals surface area contributed by atoms with E-state index in [1.54, 1.807) is 14.2 Å². The number of hydrogen-bond acceptors (Lipinski definition) is 6. The van der Waals surface area contributed by atoms with Crippen molar-refractivity contribution in [2.75, 3.05) is 34.0 Å². The summed E-state index contributed by atoms with van der Waals surface area (Å²) in [6.07, 6.45) is 4.74. The summed E-state index contributed by atoms with van der Waals surface area (Å²) in [6, 6.07) is 4.18. The maximum Gasteiger partial charge on any atom is 0.161 e. The third-order valence-electron chi connectivity index (χ3n) is 6.30. The Labute approximate surface area is 184 Å². The highest BCUT2D eigenvalue weighted by atomic mass is 16.5. The number of aliphatic hydroxyl groups excluding tert-OH is 1. The number of ether oxygens (including phenoxy) is 4. The van der Waals surface area contributed by atoms with Gasteiger partial charge in [0.05, 0.1) is 32.0 Å². The van der Waals surface area contributed by atoms with E-state index < -0.39 is 0 Å². The average Bonchev–Trinajstić information content (AvgIpc) is 3.05. The fraction of sp³-hybridized carbons (Fsp3) is 0.440.